The first-order valence-electron chi connectivity index (χ1n) is 10.3. The van der Waals surface area contributed by atoms with Gasteiger partial charge in [0.25, 0.3) is 0 Å². The van der Waals surface area contributed by atoms with Crippen LogP contribution in [0.5, 0.6) is 0 Å². The van der Waals surface area contributed by atoms with E-state index < -0.39 is 0 Å². The van der Waals surface area contributed by atoms with Crippen LogP contribution in [0.4, 0.5) is 4.39 Å². The lowest BCUT2D eigenvalue weighted by Crippen LogP contribution is -2.49. The molecule has 1 aliphatic rings. The number of amides is 1. The van der Waals surface area contributed by atoms with E-state index in [2.05, 4.69) is 20.1 Å². The molecule has 7 heteroatoms. The van der Waals surface area contributed by atoms with E-state index in [-0.39, 0.29) is 11.7 Å². The number of carbonyl (C=O) groups is 1. The number of benzene rings is 1. The van der Waals surface area contributed by atoms with Crippen molar-refractivity contribution in [3.05, 3.63) is 71.4 Å². The second-order valence-corrected chi connectivity index (χ2v) is 7.69. The van der Waals surface area contributed by atoms with Crippen molar-refractivity contribution in [3.8, 4) is 11.3 Å². The summed E-state index contributed by atoms with van der Waals surface area (Å²) in [5.74, 6) is -0.179. The maximum absolute atomic E-state index is 13.2. The summed E-state index contributed by atoms with van der Waals surface area (Å²) in [6.07, 6.45) is 4.94. The van der Waals surface area contributed by atoms with Crippen LogP contribution in [0.3, 0.4) is 0 Å². The van der Waals surface area contributed by atoms with Crippen LogP contribution in [0, 0.1) is 12.7 Å². The van der Waals surface area contributed by atoms with Crippen LogP contribution < -0.4 is 0 Å². The zero-order valence-electron chi connectivity index (χ0n) is 17.1. The topological polar surface area (TPSA) is 65.1 Å². The van der Waals surface area contributed by atoms with Crippen LogP contribution in [-0.4, -0.2) is 63.6 Å². The van der Waals surface area contributed by atoms with Crippen molar-refractivity contribution >= 4 is 5.91 Å². The molecule has 3 aromatic rings. The van der Waals surface area contributed by atoms with Crippen molar-refractivity contribution < 1.29 is 9.18 Å². The molecule has 1 aliphatic heterocycles. The molecule has 0 radical (unpaired) electrons. The Morgan fingerprint density at radius 1 is 1.07 bits per heavy atom. The molecule has 1 N–H and O–H groups in total. The van der Waals surface area contributed by atoms with Gasteiger partial charge in [0, 0.05) is 61.9 Å². The van der Waals surface area contributed by atoms with E-state index in [4.69, 9.17) is 0 Å². The van der Waals surface area contributed by atoms with Gasteiger partial charge in [-0.3, -0.25) is 19.8 Å². The Kier molecular flexibility index (Phi) is 6.18. The van der Waals surface area contributed by atoms with Gasteiger partial charge in [-0.25, -0.2) is 4.39 Å². The SMILES string of the molecule is Cc1[nH]nc(-c2ccc(F)cc2)c1CC(=O)N1CCN(CCc2ccncc2)CC1. The fourth-order valence-electron chi connectivity index (χ4n) is 3.84. The number of aromatic amines is 1. The molecule has 0 atom stereocenters. The molecule has 3 heterocycles. The van der Waals surface area contributed by atoms with Crippen LogP contribution in [0.2, 0.25) is 0 Å². The highest BCUT2D eigenvalue weighted by molar-refractivity contribution is 5.82. The summed E-state index contributed by atoms with van der Waals surface area (Å²) in [4.78, 5) is 21.3. The van der Waals surface area contributed by atoms with E-state index in [1.165, 1.54) is 17.7 Å². The summed E-state index contributed by atoms with van der Waals surface area (Å²) < 4.78 is 13.2. The molecule has 156 valence electrons. The first kappa shape index (κ1) is 20.2. The van der Waals surface area contributed by atoms with Gasteiger partial charge in [-0.15, -0.1) is 0 Å². The minimum absolute atomic E-state index is 0.108. The average molecular weight is 407 g/mol. The molecule has 0 aliphatic carbocycles. The highest BCUT2D eigenvalue weighted by Crippen LogP contribution is 2.25. The maximum Gasteiger partial charge on any atom is 0.227 e. The van der Waals surface area contributed by atoms with Crippen molar-refractivity contribution in [2.24, 2.45) is 0 Å². The zero-order chi connectivity index (χ0) is 20.9. The Morgan fingerprint density at radius 2 is 1.77 bits per heavy atom. The van der Waals surface area contributed by atoms with E-state index in [1.54, 1.807) is 12.1 Å². The number of rotatable bonds is 6. The normalized spacial score (nSPS) is 14.8. The van der Waals surface area contributed by atoms with Gasteiger partial charge in [-0.2, -0.15) is 5.10 Å². The third-order valence-electron chi connectivity index (χ3n) is 5.71. The third-order valence-corrected chi connectivity index (χ3v) is 5.71. The first-order valence-corrected chi connectivity index (χ1v) is 10.3. The standard InChI is InChI=1S/C23H26FN5O/c1-17-21(23(27-26-17)19-2-4-20(24)5-3-19)16-22(30)29-14-12-28(13-15-29)11-8-18-6-9-25-10-7-18/h2-7,9-10H,8,11-16H2,1H3,(H,26,27). The summed E-state index contributed by atoms with van der Waals surface area (Å²) >= 11 is 0. The number of carbonyl (C=O) groups excluding carboxylic acids is 1. The smallest absolute Gasteiger partial charge is 0.227 e. The Balaban J connectivity index is 1.33. The minimum Gasteiger partial charge on any atom is -0.340 e. The van der Waals surface area contributed by atoms with E-state index >= 15 is 0 Å². The van der Waals surface area contributed by atoms with Crippen molar-refractivity contribution in [2.75, 3.05) is 32.7 Å². The molecule has 1 saturated heterocycles. The number of nitrogens with zero attached hydrogens (tertiary/aromatic N) is 4. The second kappa shape index (κ2) is 9.17. The number of aryl methyl sites for hydroxylation is 1. The maximum atomic E-state index is 13.2. The van der Waals surface area contributed by atoms with Gasteiger partial charge < -0.3 is 4.90 Å². The summed E-state index contributed by atoms with van der Waals surface area (Å²) in [5.41, 5.74) is 4.57. The zero-order valence-corrected chi connectivity index (χ0v) is 17.1. The first-order chi connectivity index (χ1) is 14.6. The quantitative estimate of drug-likeness (QED) is 0.683. The van der Waals surface area contributed by atoms with Gasteiger partial charge in [-0.05, 0) is 55.3 Å². The van der Waals surface area contributed by atoms with Gasteiger partial charge in [0.2, 0.25) is 5.91 Å². The average Bonchev–Trinajstić information content (AvgIpc) is 3.14. The number of piperazine rings is 1. The molecule has 2 aromatic heterocycles. The van der Waals surface area contributed by atoms with Crippen molar-refractivity contribution in [1.82, 2.24) is 25.0 Å². The highest BCUT2D eigenvalue weighted by atomic mass is 19.1. The summed E-state index contributed by atoms with van der Waals surface area (Å²) in [6.45, 7) is 6.13. The molecule has 0 bridgehead atoms. The molecular weight excluding hydrogens is 381 g/mol. The Morgan fingerprint density at radius 3 is 2.47 bits per heavy atom. The van der Waals surface area contributed by atoms with Crippen LogP contribution in [0.15, 0.2) is 48.8 Å². The fraction of sp³-hybridized carbons (Fsp3) is 0.348. The molecule has 0 spiro atoms. The molecule has 1 aromatic carbocycles. The van der Waals surface area contributed by atoms with Gasteiger partial charge in [0.1, 0.15) is 5.82 Å². The van der Waals surface area contributed by atoms with Crippen molar-refractivity contribution in [1.29, 1.82) is 0 Å². The molecule has 0 saturated carbocycles. The lowest BCUT2D eigenvalue weighted by molar-refractivity contribution is -0.132. The highest BCUT2D eigenvalue weighted by Gasteiger charge is 2.23. The largest absolute Gasteiger partial charge is 0.340 e. The molecule has 4 rings (SSSR count). The van der Waals surface area contributed by atoms with Crippen LogP contribution in [-0.2, 0) is 17.6 Å². The van der Waals surface area contributed by atoms with Gasteiger partial charge in [0.15, 0.2) is 0 Å². The Hall–Kier alpha value is -3.06. The number of H-pyrrole nitrogens is 1. The fourth-order valence-corrected chi connectivity index (χ4v) is 3.84. The van der Waals surface area contributed by atoms with Gasteiger partial charge in [0.05, 0.1) is 12.1 Å². The number of hydrogen-bond acceptors (Lipinski definition) is 4. The minimum atomic E-state index is -0.287. The Labute approximate surface area is 175 Å². The van der Waals surface area contributed by atoms with Crippen molar-refractivity contribution in [3.63, 3.8) is 0 Å². The van der Waals surface area contributed by atoms with E-state index in [9.17, 15) is 9.18 Å². The van der Waals surface area contributed by atoms with Crippen molar-refractivity contribution in [2.45, 2.75) is 19.8 Å². The number of aromatic nitrogens is 3. The van der Waals surface area contributed by atoms with Crippen LogP contribution >= 0.6 is 0 Å². The molecule has 1 amide bonds. The summed E-state index contributed by atoms with van der Waals surface area (Å²) in [7, 11) is 0. The number of nitrogens with one attached hydrogen (secondary N) is 1. The number of pyridine rings is 1. The molecule has 1 fully saturated rings. The summed E-state index contributed by atoms with van der Waals surface area (Å²) in [5, 5.41) is 7.32. The number of halogens is 1. The van der Waals surface area contributed by atoms with E-state index in [0.717, 1.165) is 61.7 Å². The number of hydrogen-bond donors (Lipinski definition) is 1. The van der Waals surface area contributed by atoms with Gasteiger partial charge in [-0.1, -0.05) is 0 Å². The lowest BCUT2D eigenvalue weighted by Gasteiger charge is -2.34. The predicted octanol–water partition coefficient (Wildman–Crippen LogP) is 2.85. The third kappa shape index (κ3) is 4.74. The van der Waals surface area contributed by atoms with Crippen LogP contribution in [0.1, 0.15) is 16.8 Å². The second-order valence-electron chi connectivity index (χ2n) is 7.69. The Bertz CT molecular complexity index is 979. The van der Waals surface area contributed by atoms with Gasteiger partial charge >= 0.3 is 0 Å². The lowest BCUT2D eigenvalue weighted by atomic mass is 10.0. The molecular formula is C23H26FN5O. The monoisotopic (exact) mass is 407 g/mol. The van der Waals surface area contributed by atoms with E-state index in [0.29, 0.717) is 6.42 Å². The molecule has 6 nitrogen and oxygen atoms in total. The molecule has 0 unspecified atom stereocenters. The predicted molar refractivity (Wildman–Crippen MR) is 113 cm³/mol. The van der Waals surface area contributed by atoms with E-state index in [1.807, 2.05) is 36.4 Å². The molecule has 30 heavy (non-hydrogen) atoms. The summed E-state index contributed by atoms with van der Waals surface area (Å²) in [6, 6.07) is 10.3. The van der Waals surface area contributed by atoms with Crippen LogP contribution in [0.25, 0.3) is 11.3 Å².